The lowest BCUT2D eigenvalue weighted by molar-refractivity contribution is 0.448. The topological polar surface area (TPSA) is 56.7 Å². The van der Waals surface area contributed by atoms with E-state index in [4.69, 9.17) is 5.73 Å². The lowest BCUT2D eigenvalue weighted by Gasteiger charge is -2.19. The Bertz CT molecular complexity index is 270. The van der Waals surface area contributed by atoms with Crippen molar-refractivity contribution in [2.45, 2.75) is 25.4 Å². The van der Waals surface area contributed by atoms with E-state index in [9.17, 15) is 0 Å². The van der Waals surface area contributed by atoms with E-state index < -0.39 is 0 Å². The van der Waals surface area contributed by atoms with E-state index in [0.717, 1.165) is 29.9 Å². The van der Waals surface area contributed by atoms with E-state index in [1.165, 1.54) is 0 Å². The van der Waals surface area contributed by atoms with Crippen molar-refractivity contribution < 1.29 is 0 Å². The van der Waals surface area contributed by atoms with Crippen LogP contribution in [0.5, 0.6) is 0 Å². The van der Waals surface area contributed by atoms with Crippen LogP contribution in [-0.4, -0.2) is 20.8 Å². The summed E-state index contributed by atoms with van der Waals surface area (Å²) in [4.78, 5) is 0. The van der Waals surface area contributed by atoms with Crippen molar-refractivity contribution in [1.82, 2.24) is 14.8 Å². The van der Waals surface area contributed by atoms with Crippen LogP contribution in [0.4, 0.5) is 0 Å². The van der Waals surface area contributed by atoms with Crippen molar-refractivity contribution >= 4 is 15.9 Å². The van der Waals surface area contributed by atoms with E-state index >= 15 is 0 Å². The number of halogens is 1. The zero-order chi connectivity index (χ0) is 7.84. The molecule has 0 aromatic carbocycles. The number of hydrogen-bond donors (Lipinski definition) is 1. The lowest BCUT2D eigenvalue weighted by Crippen LogP contribution is -2.32. The van der Waals surface area contributed by atoms with Gasteiger partial charge in [0.25, 0.3) is 0 Å². The molecule has 0 amide bonds. The molecule has 5 heteroatoms. The van der Waals surface area contributed by atoms with Crippen molar-refractivity contribution in [3.05, 3.63) is 10.6 Å². The van der Waals surface area contributed by atoms with Crippen LogP contribution in [0.25, 0.3) is 0 Å². The van der Waals surface area contributed by atoms with Gasteiger partial charge in [0.2, 0.25) is 0 Å². The maximum absolute atomic E-state index is 5.78. The third kappa shape index (κ3) is 1.18. The summed E-state index contributed by atoms with van der Waals surface area (Å²) >= 11 is 3.31. The van der Waals surface area contributed by atoms with Crippen LogP contribution in [-0.2, 0) is 13.0 Å². The predicted molar refractivity (Wildman–Crippen MR) is 44.0 cm³/mol. The standard InChI is InChI=1S/C6H9BrN4/c7-6-10-9-5-2-1-4(8)3-11(5)6/h4H,1-3,8H2. The third-order valence-corrected chi connectivity index (χ3v) is 2.52. The van der Waals surface area contributed by atoms with Gasteiger partial charge in [0.15, 0.2) is 4.73 Å². The van der Waals surface area contributed by atoms with Crippen LogP contribution in [0.3, 0.4) is 0 Å². The third-order valence-electron chi connectivity index (χ3n) is 1.94. The molecule has 0 radical (unpaired) electrons. The Morgan fingerprint density at radius 2 is 2.36 bits per heavy atom. The maximum Gasteiger partial charge on any atom is 0.200 e. The molecule has 0 spiro atoms. The van der Waals surface area contributed by atoms with Gasteiger partial charge in [-0.3, -0.25) is 0 Å². The van der Waals surface area contributed by atoms with E-state index in [1.807, 2.05) is 4.57 Å². The fourth-order valence-corrected chi connectivity index (χ4v) is 1.75. The molecule has 2 N–H and O–H groups in total. The van der Waals surface area contributed by atoms with Gasteiger partial charge in [-0.1, -0.05) is 0 Å². The highest BCUT2D eigenvalue weighted by molar-refractivity contribution is 9.10. The van der Waals surface area contributed by atoms with E-state index in [1.54, 1.807) is 0 Å². The molecule has 1 aliphatic heterocycles. The van der Waals surface area contributed by atoms with Crippen LogP contribution in [0.1, 0.15) is 12.2 Å². The summed E-state index contributed by atoms with van der Waals surface area (Å²) in [5, 5.41) is 7.91. The minimum absolute atomic E-state index is 0.259. The Morgan fingerprint density at radius 1 is 1.55 bits per heavy atom. The first-order valence-corrected chi connectivity index (χ1v) is 4.40. The van der Waals surface area contributed by atoms with Gasteiger partial charge in [0, 0.05) is 19.0 Å². The van der Waals surface area contributed by atoms with Crippen molar-refractivity contribution in [2.24, 2.45) is 5.73 Å². The summed E-state index contributed by atoms with van der Waals surface area (Å²) in [5.74, 6) is 1.04. The average molecular weight is 217 g/mol. The fourth-order valence-electron chi connectivity index (χ4n) is 1.32. The van der Waals surface area contributed by atoms with Crippen LogP contribution in [0.2, 0.25) is 0 Å². The normalized spacial score (nSPS) is 23.3. The zero-order valence-corrected chi connectivity index (χ0v) is 7.58. The molecule has 1 aromatic heterocycles. The van der Waals surface area contributed by atoms with Crippen molar-refractivity contribution in [2.75, 3.05) is 0 Å². The summed E-state index contributed by atoms with van der Waals surface area (Å²) in [6.45, 7) is 0.836. The lowest BCUT2D eigenvalue weighted by atomic mass is 10.1. The van der Waals surface area contributed by atoms with E-state index in [-0.39, 0.29) is 6.04 Å². The molecule has 2 heterocycles. The first kappa shape index (κ1) is 7.24. The second-order valence-electron chi connectivity index (χ2n) is 2.79. The molecule has 0 saturated carbocycles. The highest BCUT2D eigenvalue weighted by Crippen LogP contribution is 2.16. The first-order chi connectivity index (χ1) is 5.27. The molecule has 0 fully saturated rings. The van der Waals surface area contributed by atoms with Crippen LogP contribution in [0.15, 0.2) is 4.73 Å². The zero-order valence-electron chi connectivity index (χ0n) is 6.00. The quantitative estimate of drug-likeness (QED) is 0.680. The number of hydrogen-bond acceptors (Lipinski definition) is 3. The Labute approximate surface area is 72.9 Å². The van der Waals surface area contributed by atoms with Crippen LogP contribution < -0.4 is 5.73 Å². The van der Waals surface area contributed by atoms with Gasteiger partial charge in [-0.05, 0) is 22.4 Å². The summed E-state index contributed by atoms with van der Waals surface area (Å²) in [5.41, 5.74) is 5.78. The number of aromatic nitrogens is 3. The molecule has 4 nitrogen and oxygen atoms in total. The predicted octanol–water partition coefficient (Wildman–Crippen LogP) is 0.314. The molecule has 11 heavy (non-hydrogen) atoms. The molecule has 0 aliphatic carbocycles. The molecule has 60 valence electrons. The number of rotatable bonds is 0. The van der Waals surface area contributed by atoms with Gasteiger partial charge in [0.1, 0.15) is 5.82 Å². The average Bonchev–Trinajstić information content (AvgIpc) is 2.33. The van der Waals surface area contributed by atoms with Crippen molar-refractivity contribution in [3.8, 4) is 0 Å². The smallest absolute Gasteiger partial charge is 0.200 e. The summed E-state index contributed by atoms with van der Waals surface area (Å²) < 4.78 is 2.82. The molecule has 1 atom stereocenters. The second-order valence-corrected chi connectivity index (χ2v) is 3.50. The monoisotopic (exact) mass is 216 g/mol. The van der Waals surface area contributed by atoms with Crippen molar-refractivity contribution in [1.29, 1.82) is 0 Å². The summed E-state index contributed by atoms with van der Waals surface area (Å²) in [7, 11) is 0. The van der Waals surface area contributed by atoms with E-state index in [2.05, 4.69) is 26.1 Å². The van der Waals surface area contributed by atoms with Gasteiger partial charge in [-0.25, -0.2) is 0 Å². The van der Waals surface area contributed by atoms with Gasteiger partial charge < -0.3 is 10.3 Å². The second kappa shape index (κ2) is 2.57. The molecule has 1 unspecified atom stereocenters. The molecule has 1 aromatic rings. The molecule has 0 saturated heterocycles. The minimum Gasteiger partial charge on any atom is -0.326 e. The minimum atomic E-state index is 0.259. The van der Waals surface area contributed by atoms with Gasteiger partial charge >= 0.3 is 0 Å². The molecular formula is C6H9BrN4. The Balaban J connectivity index is 2.37. The first-order valence-electron chi connectivity index (χ1n) is 3.60. The van der Waals surface area contributed by atoms with Crippen molar-refractivity contribution in [3.63, 3.8) is 0 Å². The molecule has 1 aliphatic rings. The highest BCUT2D eigenvalue weighted by atomic mass is 79.9. The summed E-state index contributed by atoms with van der Waals surface area (Å²) in [6.07, 6.45) is 1.96. The molecule has 2 rings (SSSR count). The van der Waals surface area contributed by atoms with Crippen LogP contribution in [0, 0.1) is 0 Å². The largest absolute Gasteiger partial charge is 0.326 e. The number of nitrogens with two attached hydrogens (primary N) is 1. The number of aryl methyl sites for hydroxylation is 1. The molecule has 0 bridgehead atoms. The number of nitrogens with zero attached hydrogens (tertiary/aromatic N) is 3. The van der Waals surface area contributed by atoms with E-state index in [0.29, 0.717) is 0 Å². The Morgan fingerprint density at radius 3 is 3.18 bits per heavy atom. The fraction of sp³-hybridized carbons (Fsp3) is 0.667. The van der Waals surface area contributed by atoms with Crippen LogP contribution >= 0.6 is 15.9 Å². The Kier molecular flexibility index (Phi) is 1.69. The molecular weight excluding hydrogens is 208 g/mol. The SMILES string of the molecule is NC1CCc2nnc(Br)n2C1. The van der Waals surface area contributed by atoms with Gasteiger partial charge in [-0.15, -0.1) is 10.2 Å². The Hall–Kier alpha value is -0.420. The highest BCUT2D eigenvalue weighted by Gasteiger charge is 2.18. The van der Waals surface area contributed by atoms with Gasteiger partial charge in [-0.2, -0.15) is 0 Å². The summed E-state index contributed by atoms with van der Waals surface area (Å²) in [6, 6.07) is 0.259. The number of fused-ring (bicyclic) bond motifs is 1. The maximum atomic E-state index is 5.78. The van der Waals surface area contributed by atoms with Gasteiger partial charge in [0.05, 0.1) is 0 Å².